The van der Waals surface area contributed by atoms with Gasteiger partial charge in [0.25, 0.3) is 0 Å². The fraction of sp³-hybridized carbons (Fsp3) is 0.353. The predicted molar refractivity (Wildman–Crippen MR) is 99.9 cm³/mol. The minimum atomic E-state index is -0.449. The lowest BCUT2D eigenvalue weighted by atomic mass is 10.0. The minimum Gasteiger partial charge on any atom is -0.378 e. The van der Waals surface area contributed by atoms with Gasteiger partial charge in [0.05, 0.1) is 25.6 Å². The van der Waals surface area contributed by atoms with Crippen molar-refractivity contribution in [2.45, 2.75) is 13.8 Å². The van der Waals surface area contributed by atoms with E-state index in [0.717, 1.165) is 21.8 Å². The van der Waals surface area contributed by atoms with Crippen molar-refractivity contribution < 1.29 is 9.13 Å². The number of halogens is 2. The lowest BCUT2D eigenvalue weighted by molar-refractivity contribution is 0.122. The third-order valence-electron chi connectivity index (χ3n) is 4.08. The zero-order valence-electron chi connectivity index (χ0n) is 14.1. The molecule has 132 valence electrons. The summed E-state index contributed by atoms with van der Waals surface area (Å²) < 4.78 is 20.3. The number of hydrazone groups is 1. The van der Waals surface area contributed by atoms with E-state index < -0.39 is 5.82 Å². The molecule has 0 amide bonds. The first kappa shape index (κ1) is 17.8. The van der Waals surface area contributed by atoms with Gasteiger partial charge in [-0.05, 0) is 42.7 Å². The number of hydrogen-bond donors (Lipinski definition) is 1. The number of benzene rings is 1. The highest BCUT2D eigenvalue weighted by Crippen LogP contribution is 2.20. The fourth-order valence-electron chi connectivity index (χ4n) is 2.54. The lowest BCUT2D eigenvalue weighted by Gasteiger charge is -2.27. The normalized spacial score (nSPS) is 15.0. The van der Waals surface area contributed by atoms with E-state index in [0.29, 0.717) is 26.3 Å². The second kappa shape index (κ2) is 7.88. The first-order valence-corrected chi connectivity index (χ1v) is 8.75. The molecule has 1 aliphatic heterocycles. The van der Waals surface area contributed by atoms with E-state index >= 15 is 0 Å². The summed E-state index contributed by atoms with van der Waals surface area (Å²) in [6.07, 6.45) is 2.86. The molecule has 0 bridgehead atoms. The van der Waals surface area contributed by atoms with Crippen LogP contribution in [-0.2, 0) is 4.74 Å². The van der Waals surface area contributed by atoms with E-state index in [1.54, 1.807) is 6.21 Å². The molecule has 0 atom stereocenters. The van der Waals surface area contributed by atoms with Gasteiger partial charge in [-0.3, -0.25) is 0 Å². The zero-order valence-corrected chi connectivity index (χ0v) is 15.7. The molecule has 1 aromatic carbocycles. The summed E-state index contributed by atoms with van der Waals surface area (Å²) in [7, 11) is 0. The smallest absolute Gasteiger partial charge is 0.245 e. The van der Waals surface area contributed by atoms with Gasteiger partial charge in [0.1, 0.15) is 0 Å². The highest BCUT2D eigenvalue weighted by Gasteiger charge is 2.17. The molecular weight excluding hydrogens is 389 g/mol. The highest BCUT2D eigenvalue weighted by atomic mass is 79.9. The summed E-state index contributed by atoms with van der Waals surface area (Å²) in [5.74, 6) is 0.0730. The number of morpholine rings is 1. The maximum absolute atomic E-state index is 14.0. The molecule has 3 rings (SSSR count). The maximum Gasteiger partial charge on any atom is 0.245 e. The van der Waals surface area contributed by atoms with Crippen molar-refractivity contribution >= 4 is 33.9 Å². The van der Waals surface area contributed by atoms with Gasteiger partial charge in [-0.1, -0.05) is 15.9 Å². The van der Waals surface area contributed by atoms with Gasteiger partial charge in [0.15, 0.2) is 11.6 Å². The van der Waals surface area contributed by atoms with Crippen LogP contribution in [0.25, 0.3) is 0 Å². The van der Waals surface area contributed by atoms with E-state index in [1.807, 2.05) is 24.8 Å². The molecule has 1 aliphatic rings. The van der Waals surface area contributed by atoms with E-state index in [2.05, 4.69) is 42.5 Å². The largest absolute Gasteiger partial charge is 0.378 e. The fourth-order valence-corrected chi connectivity index (χ4v) is 3.13. The second-order valence-corrected chi connectivity index (χ2v) is 6.69. The van der Waals surface area contributed by atoms with Crippen molar-refractivity contribution in [1.82, 2.24) is 9.97 Å². The number of aromatic nitrogens is 2. The average molecular weight is 408 g/mol. The Kier molecular flexibility index (Phi) is 5.60. The maximum atomic E-state index is 14.0. The SMILES string of the molecule is Cc1cc(Br)cc(/C=N/Nc2ncc(F)c(N3CCOCC3)n2)c1C. The van der Waals surface area contributed by atoms with Crippen LogP contribution < -0.4 is 10.3 Å². The number of aryl methyl sites for hydroxylation is 1. The quantitative estimate of drug-likeness (QED) is 0.622. The molecule has 1 saturated heterocycles. The average Bonchev–Trinajstić information content (AvgIpc) is 2.61. The number of nitrogens with one attached hydrogen (secondary N) is 1. The Morgan fingerprint density at radius 1 is 1.32 bits per heavy atom. The van der Waals surface area contributed by atoms with Crippen molar-refractivity contribution in [2.24, 2.45) is 5.10 Å². The van der Waals surface area contributed by atoms with Crippen molar-refractivity contribution in [1.29, 1.82) is 0 Å². The minimum absolute atomic E-state index is 0.253. The van der Waals surface area contributed by atoms with Crippen LogP contribution in [0.5, 0.6) is 0 Å². The Morgan fingerprint density at radius 3 is 2.84 bits per heavy atom. The topological polar surface area (TPSA) is 62.6 Å². The van der Waals surface area contributed by atoms with Crippen LogP contribution in [0.4, 0.5) is 16.2 Å². The summed E-state index contributed by atoms with van der Waals surface area (Å²) in [6.45, 7) is 6.41. The van der Waals surface area contributed by atoms with Crippen molar-refractivity contribution in [3.63, 3.8) is 0 Å². The highest BCUT2D eigenvalue weighted by molar-refractivity contribution is 9.10. The molecule has 25 heavy (non-hydrogen) atoms. The van der Waals surface area contributed by atoms with Crippen LogP contribution in [0, 0.1) is 19.7 Å². The molecule has 0 spiro atoms. The molecule has 1 aromatic heterocycles. The summed E-state index contributed by atoms with van der Waals surface area (Å²) in [6, 6.07) is 4.04. The Balaban J connectivity index is 1.75. The van der Waals surface area contributed by atoms with Gasteiger partial charge < -0.3 is 9.64 Å². The van der Waals surface area contributed by atoms with Crippen LogP contribution >= 0.6 is 15.9 Å². The van der Waals surface area contributed by atoms with Crippen molar-refractivity contribution in [3.8, 4) is 0 Å². The Labute approximate surface area is 154 Å². The molecule has 0 aliphatic carbocycles. The van der Waals surface area contributed by atoms with Gasteiger partial charge in [-0.15, -0.1) is 0 Å². The predicted octanol–water partition coefficient (Wildman–Crippen LogP) is 3.28. The Morgan fingerprint density at radius 2 is 2.08 bits per heavy atom. The summed E-state index contributed by atoms with van der Waals surface area (Å²) in [5.41, 5.74) is 6.07. The standard InChI is InChI=1S/C17H19BrFN5O/c1-11-7-14(18)8-13(12(11)2)9-21-23-17-20-10-15(19)16(22-17)24-3-5-25-6-4-24/h7-10H,3-6H2,1-2H3,(H,20,22,23)/b21-9+. The van der Waals surface area contributed by atoms with E-state index in [-0.39, 0.29) is 11.8 Å². The van der Waals surface area contributed by atoms with E-state index in [4.69, 9.17) is 4.74 Å². The van der Waals surface area contributed by atoms with E-state index in [9.17, 15) is 4.39 Å². The Hall–Kier alpha value is -2.06. The van der Waals surface area contributed by atoms with Crippen LogP contribution in [-0.4, -0.2) is 42.5 Å². The third-order valence-corrected chi connectivity index (χ3v) is 4.53. The number of anilines is 2. The number of ether oxygens (including phenoxy) is 1. The van der Waals surface area contributed by atoms with Crippen LogP contribution in [0.1, 0.15) is 16.7 Å². The molecule has 6 nitrogen and oxygen atoms in total. The molecule has 0 unspecified atom stereocenters. The summed E-state index contributed by atoms with van der Waals surface area (Å²) in [4.78, 5) is 10.0. The molecule has 2 heterocycles. The number of hydrogen-bond acceptors (Lipinski definition) is 6. The van der Waals surface area contributed by atoms with E-state index in [1.165, 1.54) is 5.56 Å². The molecule has 8 heteroatoms. The van der Waals surface area contributed by atoms with Gasteiger partial charge >= 0.3 is 0 Å². The molecular formula is C17H19BrFN5O. The zero-order chi connectivity index (χ0) is 17.8. The van der Waals surface area contributed by atoms with Crippen molar-refractivity contribution in [3.05, 3.63) is 45.3 Å². The monoisotopic (exact) mass is 407 g/mol. The van der Waals surface area contributed by atoms with Crippen LogP contribution in [0.2, 0.25) is 0 Å². The Bertz CT molecular complexity index is 793. The summed E-state index contributed by atoms with van der Waals surface area (Å²) in [5, 5.41) is 4.18. The van der Waals surface area contributed by atoms with Gasteiger partial charge in [0, 0.05) is 17.6 Å². The third kappa shape index (κ3) is 4.32. The number of rotatable bonds is 4. The number of nitrogens with zero attached hydrogens (tertiary/aromatic N) is 4. The lowest BCUT2D eigenvalue weighted by Crippen LogP contribution is -2.37. The second-order valence-electron chi connectivity index (χ2n) is 5.77. The first-order valence-electron chi connectivity index (χ1n) is 7.95. The summed E-state index contributed by atoms with van der Waals surface area (Å²) >= 11 is 3.48. The van der Waals surface area contributed by atoms with Gasteiger partial charge in [0.2, 0.25) is 5.95 Å². The van der Waals surface area contributed by atoms with Crippen LogP contribution in [0.3, 0.4) is 0 Å². The molecule has 2 aromatic rings. The molecule has 1 fully saturated rings. The van der Waals surface area contributed by atoms with Crippen LogP contribution in [0.15, 0.2) is 27.9 Å². The molecule has 0 radical (unpaired) electrons. The van der Waals surface area contributed by atoms with Gasteiger partial charge in [-0.25, -0.2) is 14.8 Å². The molecule has 0 saturated carbocycles. The van der Waals surface area contributed by atoms with Crippen molar-refractivity contribution in [2.75, 3.05) is 36.6 Å². The first-order chi connectivity index (χ1) is 12.0. The van der Waals surface area contributed by atoms with Gasteiger partial charge in [-0.2, -0.15) is 10.1 Å². The molecule has 1 N–H and O–H groups in total.